The minimum atomic E-state index is -0.533. The SMILES string of the molecule is O=C(c1ccncc1F)C1CCOCC1. The second-order valence-corrected chi connectivity index (χ2v) is 3.61. The van der Waals surface area contributed by atoms with Gasteiger partial charge in [0.2, 0.25) is 0 Å². The number of rotatable bonds is 2. The van der Waals surface area contributed by atoms with Crippen LogP contribution in [0, 0.1) is 11.7 Å². The van der Waals surface area contributed by atoms with Crippen molar-refractivity contribution in [2.24, 2.45) is 5.92 Å². The lowest BCUT2D eigenvalue weighted by atomic mass is 9.91. The standard InChI is InChI=1S/C11H12FNO2/c12-10-7-13-4-1-9(10)11(14)8-2-5-15-6-3-8/h1,4,7-8H,2-3,5-6H2. The molecule has 0 N–H and O–H groups in total. The lowest BCUT2D eigenvalue weighted by Gasteiger charge is -2.20. The minimum Gasteiger partial charge on any atom is -0.381 e. The first-order valence-corrected chi connectivity index (χ1v) is 5.00. The van der Waals surface area contributed by atoms with Crippen LogP contribution >= 0.6 is 0 Å². The number of hydrogen-bond acceptors (Lipinski definition) is 3. The van der Waals surface area contributed by atoms with Crippen LogP contribution in [-0.2, 0) is 4.74 Å². The van der Waals surface area contributed by atoms with E-state index >= 15 is 0 Å². The zero-order chi connectivity index (χ0) is 10.7. The van der Waals surface area contributed by atoms with Gasteiger partial charge in [0.25, 0.3) is 0 Å². The Morgan fingerprint density at radius 1 is 1.47 bits per heavy atom. The van der Waals surface area contributed by atoms with Gasteiger partial charge in [-0.15, -0.1) is 0 Å². The van der Waals surface area contributed by atoms with E-state index in [2.05, 4.69) is 4.98 Å². The summed E-state index contributed by atoms with van der Waals surface area (Å²) in [7, 11) is 0. The van der Waals surface area contributed by atoms with Gasteiger partial charge >= 0.3 is 0 Å². The number of ketones is 1. The molecule has 2 rings (SSSR count). The molecule has 0 saturated carbocycles. The predicted molar refractivity (Wildman–Crippen MR) is 52.1 cm³/mol. The first-order chi connectivity index (χ1) is 7.29. The van der Waals surface area contributed by atoms with Gasteiger partial charge in [-0.25, -0.2) is 4.39 Å². The van der Waals surface area contributed by atoms with Crippen LogP contribution in [0.5, 0.6) is 0 Å². The lowest BCUT2D eigenvalue weighted by Crippen LogP contribution is -2.24. The number of hydrogen-bond donors (Lipinski definition) is 0. The number of Topliss-reactive ketones (excluding diaryl/α,β-unsaturated/α-hetero) is 1. The van der Waals surface area contributed by atoms with Crippen LogP contribution in [0.1, 0.15) is 23.2 Å². The van der Waals surface area contributed by atoms with Gasteiger partial charge in [0.05, 0.1) is 11.8 Å². The van der Waals surface area contributed by atoms with Crippen molar-refractivity contribution >= 4 is 5.78 Å². The Hall–Kier alpha value is -1.29. The highest BCUT2D eigenvalue weighted by Crippen LogP contribution is 2.21. The fourth-order valence-corrected chi connectivity index (χ4v) is 1.75. The summed E-state index contributed by atoms with van der Waals surface area (Å²) >= 11 is 0. The molecule has 0 amide bonds. The highest BCUT2D eigenvalue weighted by molar-refractivity contribution is 5.98. The van der Waals surface area contributed by atoms with E-state index in [1.54, 1.807) is 0 Å². The van der Waals surface area contributed by atoms with Crippen LogP contribution in [0.2, 0.25) is 0 Å². The molecule has 15 heavy (non-hydrogen) atoms. The summed E-state index contributed by atoms with van der Waals surface area (Å²) in [6, 6.07) is 1.44. The summed E-state index contributed by atoms with van der Waals surface area (Å²) in [4.78, 5) is 15.5. The van der Waals surface area contributed by atoms with Crippen LogP contribution in [-0.4, -0.2) is 24.0 Å². The van der Waals surface area contributed by atoms with Crippen molar-refractivity contribution in [3.05, 3.63) is 29.8 Å². The first kappa shape index (κ1) is 10.2. The van der Waals surface area contributed by atoms with E-state index in [9.17, 15) is 9.18 Å². The van der Waals surface area contributed by atoms with Crippen LogP contribution in [0.3, 0.4) is 0 Å². The number of halogens is 1. The number of nitrogens with zero attached hydrogens (tertiary/aromatic N) is 1. The average molecular weight is 209 g/mol. The second kappa shape index (κ2) is 4.49. The van der Waals surface area contributed by atoms with Gasteiger partial charge in [-0.05, 0) is 18.9 Å². The maximum absolute atomic E-state index is 13.3. The van der Waals surface area contributed by atoms with Gasteiger partial charge in [-0.1, -0.05) is 0 Å². The fraction of sp³-hybridized carbons (Fsp3) is 0.455. The lowest BCUT2D eigenvalue weighted by molar-refractivity contribution is 0.0542. The number of pyridine rings is 1. The first-order valence-electron chi connectivity index (χ1n) is 5.00. The summed E-state index contributed by atoms with van der Waals surface area (Å²) in [5.74, 6) is -0.761. The summed E-state index contributed by atoms with van der Waals surface area (Å²) in [6.45, 7) is 1.17. The van der Waals surface area contributed by atoms with Gasteiger partial charge in [0.1, 0.15) is 0 Å². The molecule has 0 atom stereocenters. The van der Waals surface area contributed by atoms with E-state index in [4.69, 9.17) is 4.74 Å². The predicted octanol–water partition coefficient (Wildman–Crippen LogP) is 1.83. The van der Waals surface area contributed by atoms with Gasteiger partial charge in [-0.3, -0.25) is 9.78 Å². The molecule has 1 aliphatic rings. The Morgan fingerprint density at radius 3 is 2.87 bits per heavy atom. The van der Waals surface area contributed by atoms with Crippen molar-refractivity contribution in [1.82, 2.24) is 4.98 Å². The van der Waals surface area contributed by atoms with Gasteiger partial charge in [-0.2, -0.15) is 0 Å². The quantitative estimate of drug-likeness (QED) is 0.697. The molecule has 0 aromatic carbocycles. The third-order valence-electron chi connectivity index (χ3n) is 2.63. The van der Waals surface area contributed by atoms with Gasteiger partial charge in [0.15, 0.2) is 11.6 Å². The smallest absolute Gasteiger partial charge is 0.169 e. The van der Waals surface area contributed by atoms with Crippen molar-refractivity contribution in [3.63, 3.8) is 0 Å². The van der Waals surface area contributed by atoms with E-state index in [1.807, 2.05) is 0 Å². The van der Waals surface area contributed by atoms with Crippen molar-refractivity contribution < 1.29 is 13.9 Å². The summed E-state index contributed by atoms with van der Waals surface area (Å²) in [5, 5.41) is 0. The van der Waals surface area contributed by atoms with Crippen LogP contribution in [0.25, 0.3) is 0 Å². The molecule has 1 aromatic heterocycles. The zero-order valence-corrected chi connectivity index (χ0v) is 8.28. The summed E-state index contributed by atoms with van der Waals surface area (Å²) in [6.07, 6.45) is 3.88. The Morgan fingerprint density at radius 2 is 2.20 bits per heavy atom. The monoisotopic (exact) mass is 209 g/mol. The maximum atomic E-state index is 13.3. The van der Waals surface area contributed by atoms with E-state index in [0.29, 0.717) is 26.1 Å². The van der Waals surface area contributed by atoms with Crippen molar-refractivity contribution in [2.75, 3.05) is 13.2 Å². The molecule has 1 fully saturated rings. The highest BCUT2D eigenvalue weighted by Gasteiger charge is 2.24. The van der Waals surface area contributed by atoms with Crippen LogP contribution in [0.4, 0.5) is 4.39 Å². The zero-order valence-electron chi connectivity index (χ0n) is 8.28. The molecule has 2 heterocycles. The maximum Gasteiger partial charge on any atom is 0.169 e. The van der Waals surface area contributed by atoms with Crippen LogP contribution in [0.15, 0.2) is 18.5 Å². The summed E-state index contributed by atoms with van der Waals surface area (Å²) in [5.41, 5.74) is 0.150. The third kappa shape index (κ3) is 2.21. The molecule has 4 heteroatoms. The third-order valence-corrected chi connectivity index (χ3v) is 2.63. The molecule has 1 aromatic rings. The van der Waals surface area contributed by atoms with Gasteiger partial charge < -0.3 is 4.74 Å². The molecular formula is C11H12FNO2. The topological polar surface area (TPSA) is 39.2 Å². The largest absolute Gasteiger partial charge is 0.381 e. The molecular weight excluding hydrogens is 197 g/mol. The van der Waals surface area contributed by atoms with Crippen molar-refractivity contribution in [3.8, 4) is 0 Å². The van der Waals surface area contributed by atoms with E-state index in [1.165, 1.54) is 12.3 Å². The molecule has 0 bridgehead atoms. The minimum absolute atomic E-state index is 0.101. The number of aromatic nitrogens is 1. The second-order valence-electron chi connectivity index (χ2n) is 3.61. The van der Waals surface area contributed by atoms with Crippen molar-refractivity contribution in [1.29, 1.82) is 0 Å². The fourth-order valence-electron chi connectivity index (χ4n) is 1.75. The molecule has 0 spiro atoms. The molecule has 80 valence electrons. The Labute approximate surface area is 87.3 Å². The van der Waals surface area contributed by atoms with E-state index in [0.717, 1.165) is 6.20 Å². The Balaban J connectivity index is 2.16. The average Bonchev–Trinajstić information content (AvgIpc) is 2.30. The Kier molecular flexibility index (Phi) is 3.06. The van der Waals surface area contributed by atoms with Crippen molar-refractivity contribution in [2.45, 2.75) is 12.8 Å². The number of carbonyl (C=O) groups excluding carboxylic acids is 1. The molecule has 0 radical (unpaired) electrons. The molecule has 0 unspecified atom stereocenters. The van der Waals surface area contributed by atoms with E-state index < -0.39 is 5.82 Å². The highest BCUT2D eigenvalue weighted by atomic mass is 19.1. The molecule has 0 aliphatic carbocycles. The number of carbonyl (C=O) groups is 1. The normalized spacial score (nSPS) is 17.7. The number of ether oxygens (including phenoxy) is 1. The Bertz CT molecular complexity index is 361. The van der Waals surface area contributed by atoms with Gasteiger partial charge in [0, 0.05) is 25.3 Å². The van der Waals surface area contributed by atoms with Crippen LogP contribution < -0.4 is 0 Å². The summed E-state index contributed by atoms with van der Waals surface area (Å²) < 4.78 is 18.4. The van der Waals surface area contributed by atoms with E-state index in [-0.39, 0.29) is 17.3 Å². The molecule has 3 nitrogen and oxygen atoms in total. The molecule has 1 aliphatic heterocycles. The molecule has 1 saturated heterocycles.